The Labute approximate surface area is 141 Å². The van der Waals surface area contributed by atoms with E-state index in [-0.39, 0.29) is 0 Å². The number of hydrogen-bond acceptors (Lipinski definition) is 1. The molecule has 0 aromatic carbocycles. The second-order valence-corrected chi connectivity index (χ2v) is 20.6. The molecular formula is C19H40NPSi. The van der Waals surface area contributed by atoms with Crippen molar-refractivity contribution in [3.8, 4) is 0 Å². The van der Waals surface area contributed by atoms with Crippen LogP contribution in [-0.4, -0.2) is 25.6 Å². The van der Waals surface area contributed by atoms with Crippen LogP contribution in [0.2, 0.25) is 6.55 Å². The van der Waals surface area contributed by atoms with Gasteiger partial charge in [0.05, 0.1) is 0 Å². The molecule has 0 saturated heterocycles. The Balaban J connectivity index is 1.92. The predicted octanol–water partition coefficient (Wildman–Crippen LogP) is 5.54. The first-order chi connectivity index (χ1) is 10.8. The Bertz CT molecular complexity index is 283. The average molecular weight is 342 g/mol. The van der Waals surface area contributed by atoms with E-state index < -0.39 is 15.4 Å². The van der Waals surface area contributed by atoms with Gasteiger partial charge in [-0.25, -0.2) is 0 Å². The normalized spacial score (nSPS) is 29.4. The Morgan fingerprint density at radius 1 is 0.591 bits per heavy atom. The topological polar surface area (TPSA) is 26.0 Å². The summed E-state index contributed by atoms with van der Waals surface area (Å²) in [6, 6.07) is 0. The molecule has 3 heteroatoms. The van der Waals surface area contributed by atoms with E-state index in [1.165, 1.54) is 57.8 Å². The van der Waals surface area contributed by atoms with E-state index in [0.717, 1.165) is 17.0 Å². The molecule has 1 unspecified atom stereocenters. The summed E-state index contributed by atoms with van der Waals surface area (Å²) in [6.45, 7) is 1.33. The van der Waals surface area contributed by atoms with E-state index in [1.54, 1.807) is 38.5 Å². The monoisotopic (exact) mass is 341 g/mol. The molecule has 0 heterocycles. The van der Waals surface area contributed by atoms with E-state index in [2.05, 4.69) is 6.55 Å². The van der Waals surface area contributed by atoms with E-state index >= 15 is 0 Å². The molecule has 3 aliphatic rings. The van der Waals surface area contributed by atoms with Gasteiger partial charge in [0.2, 0.25) is 0 Å². The third-order valence-electron chi connectivity index (χ3n) is 7.73. The van der Waals surface area contributed by atoms with Crippen molar-refractivity contribution in [3.63, 3.8) is 0 Å². The fourth-order valence-electron chi connectivity index (χ4n) is 6.92. The molecule has 0 aromatic rings. The molecule has 0 radical (unpaired) electrons. The van der Waals surface area contributed by atoms with Crippen LogP contribution in [0.3, 0.4) is 0 Å². The molecule has 0 aromatic heterocycles. The fraction of sp³-hybridized carbons (Fsp3) is 1.00. The second-order valence-electron chi connectivity index (χ2n) is 8.79. The van der Waals surface area contributed by atoms with Crippen molar-refractivity contribution in [2.45, 2.75) is 120 Å². The van der Waals surface area contributed by atoms with Gasteiger partial charge in [0.15, 0.2) is 0 Å². The molecule has 3 aliphatic carbocycles. The maximum atomic E-state index is 7.06. The Hall–Kier alpha value is 0.607. The van der Waals surface area contributed by atoms with Gasteiger partial charge in [-0.05, 0) is 0 Å². The first-order valence-electron chi connectivity index (χ1n) is 10.5. The summed E-state index contributed by atoms with van der Waals surface area (Å²) >= 11 is 0. The summed E-state index contributed by atoms with van der Waals surface area (Å²) < 4.78 is 0. The van der Waals surface area contributed by atoms with Crippen molar-refractivity contribution in [2.75, 3.05) is 0 Å². The zero-order valence-corrected chi connectivity index (χ0v) is 17.1. The van der Waals surface area contributed by atoms with E-state index in [0.29, 0.717) is 0 Å². The number of nitrogens with two attached hydrogens (primary N) is 1. The Morgan fingerprint density at radius 3 is 1.09 bits per heavy atom. The summed E-state index contributed by atoms with van der Waals surface area (Å²) in [5.74, 6) is 0. The van der Waals surface area contributed by atoms with Crippen LogP contribution in [0, 0.1) is 0 Å². The minimum atomic E-state index is -1.25. The molecule has 3 saturated carbocycles. The van der Waals surface area contributed by atoms with E-state index in [4.69, 9.17) is 5.40 Å². The van der Waals surface area contributed by atoms with Crippen LogP contribution >= 0.6 is 6.81 Å². The Morgan fingerprint density at radius 2 is 0.864 bits per heavy atom. The van der Waals surface area contributed by atoms with Crippen LogP contribution in [0.25, 0.3) is 0 Å². The van der Waals surface area contributed by atoms with Gasteiger partial charge in [-0.2, -0.15) is 0 Å². The van der Waals surface area contributed by atoms with Gasteiger partial charge in [-0.15, -0.1) is 0 Å². The molecule has 0 amide bonds. The summed E-state index contributed by atoms with van der Waals surface area (Å²) in [7, 11) is -1.00. The molecular weight excluding hydrogens is 301 g/mol. The number of rotatable bonds is 4. The first kappa shape index (κ1) is 17.4. The molecule has 2 N–H and O–H groups in total. The minimum absolute atomic E-state index is 1.00. The van der Waals surface area contributed by atoms with Crippen LogP contribution in [0.15, 0.2) is 0 Å². The van der Waals surface area contributed by atoms with Gasteiger partial charge in [-0.1, -0.05) is 0 Å². The van der Waals surface area contributed by atoms with Crippen LogP contribution in [0.5, 0.6) is 0 Å². The van der Waals surface area contributed by atoms with Crippen LogP contribution in [-0.2, 0) is 0 Å². The van der Waals surface area contributed by atoms with Gasteiger partial charge in [-0.3, -0.25) is 0 Å². The first-order valence-corrected chi connectivity index (χ1v) is 16.4. The molecule has 1 nitrogen and oxygen atoms in total. The van der Waals surface area contributed by atoms with Crippen molar-refractivity contribution in [1.29, 1.82) is 0 Å². The maximum absolute atomic E-state index is 7.06. The standard InChI is InChI=1S/C19H40NPSi/c1-22(20)21(17-11-5-2-6-12-17,18-13-7-3-8-14-18)19-15-9-4-10-16-19/h17-19,21-22H,2-16,20H2,1H3. The molecule has 3 fully saturated rings. The van der Waals surface area contributed by atoms with Gasteiger partial charge in [0.1, 0.15) is 0 Å². The van der Waals surface area contributed by atoms with Crippen molar-refractivity contribution < 1.29 is 0 Å². The zero-order chi connectivity index (χ0) is 15.4. The van der Waals surface area contributed by atoms with Crippen LogP contribution < -0.4 is 5.40 Å². The Kier molecular flexibility index (Phi) is 6.44. The summed E-state index contributed by atoms with van der Waals surface area (Å²) in [5.41, 5.74) is 3.41. The van der Waals surface area contributed by atoms with Gasteiger partial charge >= 0.3 is 141 Å². The molecule has 0 bridgehead atoms. The van der Waals surface area contributed by atoms with Crippen LogP contribution in [0.4, 0.5) is 0 Å². The van der Waals surface area contributed by atoms with Crippen molar-refractivity contribution in [3.05, 3.63) is 0 Å². The van der Waals surface area contributed by atoms with Gasteiger partial charge in [0.25, 0.3) is 0 Å². The van der Waals surface area contributed by atoms with Crippen molar-refractivity contribution in [2.24, 2.45) is 5.40 Å². The third-order valence-corrected chi connectivity index (χ3v) is 24.3. The number of hydrogen-bond donors (Lipinski definition) is 1. The molecule has 0 aliphatic heterocycles. The molecule has 0 spiro atoms. The van der Waals surface area contributed by atoms with E-state index in [1.807, 2.05) is 0 Å². The molecule has 22 heavy (non-hydrogen) atoms. The molecule has 1 atom stereocenters. The molecule has 3 rings (SSSR count). The zero-order valence-electron chi connectivity index (χ0n) is 15.0. The summed E-state index contributed by atoms with van der Waals surface area (Å²) in [6.07, 6.45) is 23.2. The third kappa shape index (κ3) is 3.35. The van der Waals surface area contributed by atoms with Crippen LogP contribution in [0.1, 0.15) is 96.3 Å². The predicted molar refractivity (Wildman–Crippen MR) is 106 cm³/mol. The fourth-order valence-corrected chi connectivity index (χ4v) is 25.1. The van der Waals surface area contributed by atoms with Crippen molar-refractivity contribution in [1.82, 2.24) is 0 Å². The summed E-state index contributed by atoms with van der Waals surface area (Å²) in [5, 5.41) is 7.06. The summed E-state index contributed by atoms with van der Waals surface area (Å²) in [4.78, 5) is 0. The van der Waals surface area contributed by atoms with Gasteiger partial charge in [0, 0.05) is 0 Å². The molecule has 130 valence electrons. The quantitative estimate of drug-likeness (QED) is 0.527. The SMILES string of the molecule is C[SiH](N)[PH](C1CCCCC1)(C1CCCCC1)C1CCCCC1. The second kappa shape index (κ2) is 8.12. The van der Waals surface area contributed by atoms with Crippen molar-refractivity contribution >= 4 is 15.4 Å². The van der Waals surface area contributed by atoms with E-state index in [9.17, 15) is 0 Å². The van der Waals surface area contributed by atoms with Gasteiger partial charge < -0.3 is 0 Å². The average Bonchev–Trinajstić information content (AvgIpc) is 2.58.